The van der Waals surface area contributed by atoms with Gasteiger partial charge in [-0.2, -0.15) is 0 Å². The van der Waals surface area contributed by atoms with Crippen molar-refractivity contribution in [2.24, 2.45) is 39.9 Å². The monoisotopic (exact) mass is 420 g/mol. The molecule has 1 N–H and O–H groups in total. The molecule has 2 heterocycles. The summed E-state index contributed by atoms with van der Waals surface area (Å²) in [5.41, 5.74) is -3.27. The number of Topliss-reactive ketones (excluding diaryl/α,β-unsaturated/α-hetero) is 1. The third-order valence-electron chi connectivity index (χ3n) is 8.82. The van der Waals surface area contributed by atoms with Crippen LogP contribution in [-0.4, -0.2) is 53.7 Å². The van der Waals surface area contributed by atoms with Crippen LogP contribution in [0.25, 0.3) is 0 Å². The number of carbonyl (C=O) groups excluding carboxylic acids is 4. The highest BCUT2D eigenvalue weighted by Gasteiger charge is 2.83. The maximum Gasteiger partial charge on any atom is 0.324 e. The van der Waals surface area contributed by atoms with Crippen molar-refractivity contribution in [1.82, 2.24) is 0 Å². The average Bonchev–Trinajstić information content (AvgIpc) is 3.06. The van der Waals surface area contributed by atoms with Crippen LogP contribution >= 0.6 is 0 Å². The van der Waals surface area contributed by atoms with E-state index >= 15 is 0 Å². The van der Waals surface area contributed by atoms with E-state index in [0.29, 0.717) is 12.8 Å². The molecule has 0 aromatic heterocycles. The zero-order valence-corrected chi connectivity index (χ0v) is 17.7. The molecule has 2 saturated heterocycles. The lowest BCUT2D eigenvalue weighted by molar-refractivity contribution is -0.264. The second-order valence-electron chi connectivity index (χ2n) is 10.6. The van der Waals surface area contributed by atoms with E-state index in [1.165, 1.54) is 6.92 Å². The van der Waals surface area contributed by atoms with Crippen LogP contribution < -0.4 is 0 Å². The van der Waals surface area contributed by atoms with E-state index < -0.39 is 70.2 Å². The Kier molecular flexibility index (Phi) is 3.89. The summed E-state index contributed by atoms with van der Waals surface area (Å²) in [6.45, 7) is 6.90. The van der Waals surface area contributed by atoms with Crippen LogP contribution in [0.4, 0.5) is 0 Å². The molecule has 8 nitrogen and oxygen atoms in total. The summed E-state index contributed by atoms with van der Waals surface area (Å²) in [5.74, 6) is -4.62. The van der Waals surface area contributed by atoms with Crippen molar-refractivity contribution in [3.05, 3.63) is 0 Å². The van der Waals surface area contributed by atoms with E-state index in [4.69, 9.17) is 14.2 Å². The number of aliphatic hydroxyl groups excluding tert-OH is 1. The zero-order valence-electron chi connectivity index (χ0n) is 17.7. The lowest BCUT2D eigenvalue weighted by Gasteiger charge is -2.62. The van der Waals surface area contributed by atoms with Gasteiger partial charge in [-0.05, 0) is 24.7 Å². The molecule has 5 aliphatic rings. The van der Waals surface area contributed by atoms with Crippen LogP contribution in [0.1, 0.15) is 47.0 Å². The lowest BCUT2D eigenvalue weighted by atomic mass is 9.43. The number of fused-ring (bicyclic) bond motifs is 1. The Hall–Kier alpha value is -1.96. The number of rotatable bonds is 1. The Morgan fingerprint density at radius 3 is 2.60 bits per heavy atom. The number of ether oxygens (including phenoxy) is 3. The fourth-order valence-corrected chi connectivity index (χ4v) is 7.86. The number of aliphatic hydroxyl groups is 1. The van der Waals surface area contributed by atoms with Crippen LogP contribution in [0.15, 0.2) is 0 Å². The average molecular weight is 420 g/mol. The minimum atomic E-state index is -1.80. The molecule has 5 rings (SSSR count). The van der Waals surface area contributed by atoms with Crippen molar-refractivity contribution in [2.75, 3.05) is 6.61 Å². The summed E-state index contributed by atoms with van der Waals surface area (Å²) in [4.78, 5) is 52.0. The summed E-state index contributed by atoms with van der Waals surface area (Å²) in [5, 5.41) is 11.4. The minimum Gasteiger partial charge on any atom is -0.465 e. The van der Waals surface area contributed by atoms with E-state index in [-0.39, 0.29) is 24.8 Å². The first kappa shape index (κ1) is 20.0. The van der Waals surface area contributed by atoms with Gasteiger partial charge < -0.3 is 19.3 Å². The number of hydrogen-bond acceptors (Lipinski definition) is 8. The summed E-state index contributed by atoms with van der Waals surface area (Å²) < 4.78 is 17.1. The Balaban J connectivity index is 1.77. The highest BCUT2D eigenvalue weighted by atomic mass is 16.6. The van der Waals surface area contributed by atoms with E-state index in [9.17, 15) is 24.3 Å². The first-order valence-corrected chi connectivity index (χ1v) is 10.8. The lowest BCUT2D eigenvalue weighted by Crippen LogP contribution is -2.73. The third kappa shape index (κ3) is 2.01. The molecule has 0 unspecified atom stereocenters. The van der Waals surface area contributed by atoms with Gasteiger partial charge in [-0.3, -0.25) is 19.2 Å². The second-order valence-corrected chi connectivity index (χ2v) is 10.6. The molecule has 0 aromatic carbocycles. The number of hydrogen-bond donors (Lipinski definition) is 1. The topological polar surface area (TPSA) is 116 Å². The van der Waals surface area contributed by atoms with Crippen LogP contribution in [0.3, 0.4) is 0 Å². The molecule has 2 aliphatic heterocycles. The van der Waals surface area contributed by atoms with Gasteiger partial charge in [0, 0.05) is 24.7 Å². The predicted octanol–water partition coefficient (Wildman–Crippen LogP) is 1.03. The molecule has 30 heavy (non-hydrogen) atoms. The maximum atomic E-state index is 13.7. The zero-order chi connectivity index (χ0) is 21.8. The van der Waals surface area contributed by atoms with Crippen LogP contribution in [0.5, 0.6) is 0 Å². The maximum absolute atomic E-state index is 13.7. The highest BCUT2D eigenvalue weighted by molar-refractivity contribution is 6.09. The van der Waals surface area contributed by atoms with Gasteiger partial charge in [0.15, 0.2) is 11.2 Å². The van der Waals surface area contributed by atoms with Crippen molar-refractivity contribution in [3.8, 4) is 0 Å². The Morgan fingerprint density at radius 2 is 1.93 bits per heavy atom. The molecule has 0 radical (unpaired) electrons. The van der Waals surface area contributed by atoms with Gasteiger partial charge in [0.25, 0.3) is 0 Å². The first-order valence-electron chi connectivity index (χ1n) is 10.8. The van der Waals surface area contributed by atoms with Gasteiger partial charge in [-0.25, -0.2) is 0 Å². The van der Waals surface area contributed by atoms with Crippen molar-refractivity contribution >= 4 is 23.7 Å². The molecular formula is C22H28O8. The van der Waals surface area contributed by atoms with Crippen molar-refractivity contribution < 1.29 is 38.5 Å². The standard InChI is InChI=1S/C22H28O8/c1-9-11-7-12(24)14-21-8-28-18(26)15(21)20(3,4)6-5-13(21)30-19(27)22(14,16(9)25)17(11)29-10(2)23/h9,11-15,17,24H,5-8H2,1-4H3/t9-,11+,12-,13+,14+,15-,17-,21+,22+/m1/s1. The minimum absolute atomic E-state index is 0.0134. The smallest absolute Gasteiger partial charge is 0.324 e. The van der Waals surface area contributed by atoms with Crippen LogP contribution in [0.2, 0.25) is 0 Å². The van der Waals surface area contributed by atoms with Gasteiger partial charge in [-0.15, -0.1) is 0 Å². The van der Waals surface area contributed by atoms with Gasteiger partial charge in [0.05, 0.1) is 17.4 Å². The largest absolute Gasteiger partial charge is 0.465 e. The Labute approximate surface area is 174 Å². The number of carbonyl (C=O) groups is 4. The molecule has 2 spiro atoms. The van der Waals surface area contributed by atoms with E-state index in [1.807, 2.05) is 13.8 Å². The van der Waals surface area contributed by atoms with Crippen molar-refractivity contribution in [1.29, 1.82) is 0 Å². The molecule has 3 saturated carbocycles. The summed E-state index contributed by atoms with van der Waals surface area (Å²) in [7, 11) is 0. The fourth-order valence-electron chi connectivity index (χ4n) is 7.86. The van der Waals surface area contributed by atoms with Crippen LogP contribution in [-0.2, 0) is 33.4 Å². The Morgan fingerprint density at radius 1 is 1.23 bits per heavy atom. The highest BCUT2D eigenvalue weighted by Crippen LogP contribution is 2.71. The molecule has 2 bridgehead atoms. The summed E-state index contributed by atoms with van der Waals surface area (Å²) in [6, 6.07) is 0. The third-order valence-corrected chi connectivity index (χ3v) is 8.82. The molecule has 164 valence electrons. The summed E-state index contributed by atoms with van der Waals surface area (Å²) >= 11 is 0. The summed E-state index contributed by atoms with van der Waals surface area (Å²) in [6.07, 6.45) is -1.23. The predicted molar refractivity (Wildman–Crippen MR) is 99.5 cm³/mol. The molecule has 8 heteroatoms. The molecule has 9 atom stereocenters. The van der Waals surface area contributed by atoms with Crippen molar-refractivity contribution in [3.63, 3.8) is 0 Å². The van der Waals surface area contributed by atoms with Crippen molar-refractivity contribution in [2.45, 2.75) is 65.3 Å². The second kappa shape index (κ2) is 5.84. The molecule has 0 aromatic rings. The van der Waals surface area contributed by atoms with Gasteiger partial charge in [0.2, 0.25) is 0 Å². The van der Waals surface area contributed by atoms with Gasteiger partial charge >= 0.3 is 17.9 Å². The van der Waals surface area contributed by atoms with Gasteiger partial charge in [0.1, 0.15) is 18.8 Å². The molecule has 3 aliphatic carbocycles. The molecule has 0 amide bonds. The quantitative estimate of drug-likeness (QED) is 0.380. The number of cyclic esters (lactones) is 1. The Bertz CT molecular complexity index is 863. The first-order chi connectivity index (χ1) is 14.0. The number of ketones is 1. The van der Waals surface area contributed by atoms with E-state index in [0.717, 1.165) is 0 Å². The van der Waals surface area contributed by atoms with Gasteiger partial charge in [-0.1, -0.05) is 20.8 Å². The van der Waals surface area contributed by atoms with Crippen LogP contribution in [0, 0.1) is 39.9 Å². The molecule has 5 fully saturated rings. The molecular weight excluding hydrogens is 392 g/mol. The van der Waals surface area contributed by atoms with E-state index in [2.05, 4.69) is 0 Å². The normalized spacial score (nSPS) is 50.7. The van der Waals surface area contributed by atoms with E-state index in [1.54, 1.807) is 6.92 Å². The SMILES string of the molecule is CC(=O)O[C@@H]1[C@H]2C[C@@H](O)[C@@H]3[C@]1(C(=O)O[C@H]1CCC(C)(C)[C@H]4C(=O)OC[C@@]143)C(=O)[C@@H]2C. The number of esters is 3. The fraction of sp³-hybridized carbons (Fsp3) is 0.818.